The van der Waals surface area contributed by atoms with Crippen molar-refractivity contribution >= 4 is 41.5 Å². The van der Waals surface area contributed by atoms with Gasteiger partial charge < -0.3 is 52.1 Å². The number of unbranched alkanes of at least 4 members (excludes halogenated alkanes) is 5. The van der Waals surface area contributed by atoms with Crippen LogP contribution in [0, 0.1) is 0 Å². The summed E-state index contributed by atoms with van der Waals surface area (Å²) >= 11 is 0. The van der Waals surface area contributed by atoms with Gasteiger partial charge in [0.2, 0.25) is 11.7 Å². The molecule has 9 N–H and O–H groups in total. The number of carbonyl (C=O) groups is 5. The van der Waals surface area contributed by atoms with Crippen LogP contribution in [0.4, 0.5) is 4.79 Å². The maximum atomic E-state index is 12.6. The van der Waals surface area contributed by atoms with Crippen molar-refractivity contribution in [2.75, 3.05) is 32.8 Å². The third-order valence-corrected chi connectivity index (χ3v) is 8.66. The fraction of sp³-hybridized carbons (Fsp3) is 0.690. The van der Waals surface area contributed by atoms with Crippen LogP contribution in [-0.4, -0.2) is 118 Å². The van der Waals surface area contributed by atoms with E-state index in [1.165, 1.54) is 11.0 Å². The number of Topliss-reactive ketones (excluding diaryl/α,β-unsaturated/α-hetero) is 1. The van der Waals surface area contributed by atoms with E-state index in [9.17, 15) is 34.2 Å². The van der Waals surface area contributed by atoms with Gasteiger partial charge in [0.25, 0.3) is 11.8 Å². The molecule has 3 atom stereocenters. The van der Waals surface area contributed by atoms with Crippen molar-refractivity contribution in [2.24, 2.45) is 21.5 Å². The summed E-state index contributed by atoms with van der Waals surface area (Å²) in [6.07, 6.45) is 7.21. The smallest absolute Gasteiger partial charge is 0.407 e. The molecule has 4 heterocycles. The van der Waals surface area contributed by atoms with Gasteiger partial charge in [0.1, 0.15) is 24.5 Å². The van der Waals surface area contributed by atoms with Gasteiger partial charge in [0, 0.05) is 57.1 Å². The van der Waals surface area contributed by atoms with Gasteiger partial charge >= 0.3 is 6.09 Å². The summed E-state index contributed by atoms with van der Waals surface area (Å²) in [5, 5.41) is 29.3. The Labute approximate surface area is 266 Å². The molecule has 0 aromatic carbocycles. The number of nitrogens with zero attached hydrogens (tertiary/aromatic N) is 4. The summed E-state index contributed by atoms with van der Waals surface area (Å²) in [6.45, 7) is 1.59. The number of guanidine groups is 2. The highest BCUT2D eigenvalue weighted by Crippen LogP contribution is 2.44. The van der Waals surface area contributed by atoms with E-state index in [0.29, 0.717) is 18.4 Å². The lowest BCUT2D eigenvalue weighted by Gasteiger charge is -2.48. The standard InChI is InChI=1S/C29H45N9O8/c1-18(39)8-6-4-2-3-5-7-9-19-16-22(41)37(24(19)42)14-10-21(40)32-12-13-33-27(43)46-17-20-23-29(36-25(30)35-23)28(44,45)11-15-38(29)26(31)34-20/h16,20,23,44-45H,2-15,17H2,1H3,(H2,31,34)(H,32,40)(H,33,43)(H3,30,35,36)/t20-,23-,29-/m0/s1. The van der Waals surface area contributed by atoms with E-state index < -0.39 is 41.4 Å². The Morgan fingerprint density at radius 2 is 1.74 bits per heavy atom. The predicted octanol–water partition coefficient (Wildman–Crippen LogP) is -1.71. The lowest BCUT2D eigenvalue weighted by atomic mass is 9.87. The molecule has 4 aliphatic rings. The quantitative estimate of drug-likeness (QED) is 0.0529. The average molecular weight is 648 g/mol. The Hall–Kier alpha value is -4.25. The number of rotatable bonds is 17. The molecule has 4 rings (SSSR count). The number of aliphatic imine (C=N–C) groups is 2. The second-order valence-electron chi connectivity index (χ2n) is 12.0. The highest BCUT2D eigenvalue weighted by molar-refractivity contribution is 6.16. The van der Waals surface area contributed by atoms with Crippen molar-refractivity contribution in [3.63, 3.8) is 0 Å². The van der Waals surface area contributed by atoms with Crippen molar-refractivity contribution in [1.82, 2.24) is 25.8 Å². The maximum absolute atomic E-state index is 12.6. The number of nitrogens with two attached hydrogens (primary N) is 2. The second-order valence-corrected chi connectivity index (χ2v) is 12.0. The molecule has 0 aromatic heterocycles. The third-order valence-electron chi connectivity index (χ3n) is 8.66. The predicted molar refractivity (Wildman–Crippen MR) is 165 cm³/mol. The van der Waals surface area contributed by atoms with Gasteiger partial charge in [-0.3, -0.25) is 19.3 Å². The fourth-order valence-corrected chi connectivity index (χ4v) is 6.29. The van der Waals surface area contributed by atoms with E-state index >= 15 is 0 Å². The Morgan fingerprint density at radius 1 is 1.04 bits per heavy atom. The molecule has 17 heteroatoms. The molecule has 254 valence electrons. The first kappa shape index (κ1) is 34.6. The number of alkyl carbamates (subject to hydrolysis) is 1. The Morgan fingerprint density at radius 3 is 2.48 bits per heavy atom. The first-order chi connectivity index (χ1) is 21.9. The lowest BCUT2D eigenvalue weighted by molar-refractivity contribution is -0.221. The van der Waals surface area contributed by atoms with E-state index in [1.54, 1.807) is 6.92 Å². The SMILES string of the molecule is CC(=O)CCCCCCCCC1=CC(=O)N(CCC(=O)NCCNC(=O)OC[C@@H]2N=C(N)N3CCC(O)(O)[C@@]34NC(N)=N[C@@H]24)C1=O. The molecule has 0 aliphatic carbocycles. The maximum Gasteiger partial charge on any atom is 0.407 e. The van der Waals surface area contributed by atoms with Gasteiger partial charge in [0.05, 0.1) is 0 Å². The minimum absolute atomic E-state index is 0.0183. The minimum atomic E-state index is -2.21. The van der Waals surface area contributed by atoms with Crippen LogP contribution in [0.3, 0.4) is 0 Å². The largest absolute Gasteiger partial charge is 0.447 e. The van der Waals surface area contributed by atoms with Gasteiger partial charge in [-0.2, -0.15) is 0 Å². The molecule has 1 spiro atoms. The van der Waals surface area contributed by atoms with Crippen LogP contribution in [0.15, 0.2) is 21.6 Å². The van der Waals surface area contributed by atoms with Crippen LogP contribution in [0.2, 0.25) is 0 Å². The van der Waals surface area contributed by atoms with Crippen LogP contribution in [0.1, 0.15) is 71.1 Å². The molecule has 0 saturated carbocycles. The number of carbonyl (C=O) groups excluding carboxylic acids is 5. The lowest BCUT2D eigenvalue weighted by Crippen LogP contribution is -2.76. The van der Waals surface area contributed by atoms with E-state index in [0.717, 1.165) is 43.4 Å². The van der Waals surface area contributed by atoms with Crippen LogP contribution < -0.4 is 27.4 Å². The first-order valence-corrected chi connectivity index (χ1v) is 15.8. The van der Waals surface area contributed by atoms with Crippen molar-refractivity contribution in [3.8, 4) is 0 Å². The number of ketones is 1. The monoisotopic (exact) mass is 647 g/mol. The summed E-state index contributed by atoms with van der Waals surface area (Å²) < 4.78 is 5.26. The number of amides is 4. The van der Waals surface area contributed by atoms with Gasteiger partial charge in [-0.05, 0) is 26.2 Å². The molecular formula is C29H45N9O8. The Balaban J connectivity index is 1.09. The fourth-order valence-electron chi connectivity index (χ4n) is 6.29. The summed E-state index contributed by atoms with van der Waals surface area (Å²) in [5.74, 6) is -3.19. The van der Waals surface area contributed by atoms with Crippen molar-refractivity contribution < 1.29 is 38.9 Å². The molecule has 17 nitrogen and oxygen atoms in total. The summed E-state index contributed by atoms with van der Waals surface area (Å²) in [6, 6.07) is -1.72. The van der Waals surface area contributed by atoms with Crippen LogP contribution >= 0.6 is 0 Å². The molecule has 0 unspecified atom stereocenters. The Bertz CT molecular complexity index is 1300. The number of aliphatic hydroxyl groups is 2. The van der Waals surface area contributed by atoms with E-state index in [1.807, 2.05) is 0 Å². The number of hydrogen-bond donors (Lipinski definition) is 7. The van der Waals surface area contributed by atoms with Gasteiger partial charge in [-0.25, -0.2) is 14.8 Å². The van der Waals surface area contributed by atoms with Crippen molar-refractivity contribution in [3.05, 3.63) is 11.6 Å². The number of nitrogens with one attached hydrogen (secondary N) is 3. The topological polar surface area (TPSA) is 254 Å². The zero-order chi connectivity index (χ0) is 33.5. The molecule has 1 saturated heterocycles. The highest BCUT2D eigenvalue weighted by Gasteiger charge is 2.69. The second kappa shape index (κ2) is 14.9. The van der Waals surface area contributed by atoms with Gasteiger partial charge in [-0.1, -0.05) is 25.7 Å². The third kappa shape index (κ3) is 7.75. The summed E-state index contributed by atoms with van der Waals surface area (Å²) in [4.78, 5) is 71.7. The van der Waals surface area contributed by atoms with E-state index in [4.69, 9.17) is 16.2 Å². The molecule has 0 bridgehead atoms. The molecule has 4 amide bonds. The Kier molecular flexibility index (Phi) is 11.2. The van der Waals surface area contributed by atoms with E-state index in [2.05, 4.69) is 25.9 Å². The first-order valence-electron chi connectivity index (χ1n) is 15.8. The molecule has 0 aromatic rings. The van der Waals surface area contributed by atoms with Crippen LogP contribution in [-0.2, 0) is 23.9 Å². The van der Waals surface area contributed by atoms with Gasteiger partial charge in [-0.15, -0.1) is 0 Å². The zero-order valence-corrected chi connectivity index (χ0v) is 26.1. The van der Waals surface area contributed by atoms with Crippen molar-refractivity contribution in [2.45, 2.75) is 94.7 Å². The summed E-state index contributed by atoms with van der Waals surface area (Å²) in [7, 11) is 0. The molecular weight excluding hydrogens is 602 g/mol. The minimum Gasteiger partial charge on any atom is -0.447 e. The van der Waals surface area contributed by atoms with Crippen LogP contribution in [0.25, 0.3) is 0 Å². The van der Waals surface area contributed by atoms with Crippen LogP contribution in [0.5, 0.6) is 0 Å². The molecule has 1 fully saturated rings. The van der Waals surface area contributed by atoms with Crippen molar-refractivity contribution in [1.29, 1.82) is 0 Å². The molecule has 0 radical (unpaired) electrons. The average Bonchev–Trinajstić information content (AvgIpc) is 3.59. The summed E-state index contributed by atoms with van der Waals surface area (Å²) in [5.41, 5.74) is 10.8. The molecule has 46 heavy (non-hydrogen) atoms. The molecule has 4 aliphatic heterocycles. The number of imide groups is 1. The highest BCUT2D eigenvalue weighted by atomic mass is 16.5. The number of hydrogen-bond acceptors (Lipinski definition) is 14. The normalized spacial score (nSPS) is 24.5. The van der Waals surface area contributed by atoms with E-state index in [-0.39, 0.29) is 69.2 Å². The number of ether oxygens (including phenoxy) is 1. The zero-order valence-electron chi connectivity index (χ0n) is 26.1. The van der Waals surface area contributed by atoms with Gasteiger partial charge in [0.15, 0.2) is 17.6 Å².